The Labute approximate surface area is 706 Å². The Kier molecular flexibility index (Phi) is 65.9. The molecular formula is C90H170N2O23P2. The SMILES string of the molecule is CCCCCCCCCCC[C@@H](O)CC(=O)N[C@@H]1[C@H](OC(=O)C[C@H](O)CCCCCCCCCCC)[C@H](CP(=O)(O)O)[C@@H](CO[C@@H]2O[C@H](CO)[C@@H](CP(=O)(O)O)[C@@H](OC(=O)C[C@@H](CCCCCCCCCCC)OC(=O)CCCCCCCCC)[C@H]2NC(=O)C[C@@H](CCCCCCCCCCC)OC(=O)CCCCCCCCC)O[C@H]1O. The summed E-state index contributed by atoms with van der Waals surface area (Å²) in [6.45, 7) is 11.1. The van der Waals surface area contributed by atoms with Gasteiger partial charge in [0.2, 0.25) is 11.8 Å². The first-order valence-electron chi connectivity index (χ1n) is 47.3. The summed E-state index contributed by atoms with van der Waals surface area (Å²) in [5, 5.41) is 51.3. The normalized spacial score (nSPS) is 20.8. The van der Waals surface area contributed by atoms with Crippen molar-refractivity contribution in [2.75, 3.05) is 25.5 Å². The summed E-state index contributed by atoms with van der Waals surface area (Å²) in [6, 6.07) is -3.52. The highest BCUT2D eigenvalue weighted by atomic mass is 31.2. The van der Waals surface area contributed by atoms with E-state index in [9.17, 15) is 73.1 Å². The molecule has 10 N–H and O–H groups in total. The van der Waals surface area contributed by atoms with Crippen molar-refractivity contribution < 1.29 is 111 Å². The van der Waals surface area contributed by atoms with Gasteiger partial charge in [0, 0.05) is 24.7 Å². The number of amides is 2. The number of hydrogen-bond donors (Lipinski definition) is 10. The molecule has 2 aliphatic heterocycles. The number of ether oxygens (including phenoxy) is 7. The van der Waals surface area contributed by atoms with Crippen molar-refractivity contribution in [3.63, 3.8) is 0 Å². The van der Waals surface area contributed by atoms with Crippen LogP contribution in [0.3, 0.4) is 0 Å². The molecule has 0 spiro atoms. The van der Waals surface area contributed by atoms with E-state index in [1.54, 1.807) is 0 Å². The summed E-state index contributed by atoms with van der Waals surface area (Å²) in [6.07, 6.45) is 31.0. The van der Waals surface area contributed by atoms with Crippen LogP contribution >= 0.6 is 15.2 Å². The van der Waals surface area contributed by atoms with E-state index in [2.05, 4.69) is 52.2 Å². The lowest BCUT2D eigenvalue weighted by Crippen LogP contribution is -2.66. The van der Waals surface area contributed by atoms with Crippen LogP contribution in [-0.2, 0) is 71.1 Å². The molecule has 2 amide bonds. The Morgan fingerprint density at radius 1 is 0.359 bits per heavy atom. The average molecular weight is 1710 g/mol. The molecule has 0 aliphatic carbocycles. The number of carbonyl (C=O) groups is 6. The summed E-state index contributed by atoms with van der Waals surface area (Å²) in [7, 11) is -10.4. The molecule has 0 unspecified atom stereocenters. The van der Waals surface area contributed by atoms with E-state index in [1.165, 1.54) is 38.5 Å². The van der Waals surface area contributed by atoms with Crippen molar-refractivity contribution in [3.8, 4) is 0 Å². The summed E-state index contributed by atoms with van der Waals surface area (Å²) in [5.74, 6) is -7.98. The van der Waals surface area contributed by atoms with Gasteiger partial charge >= 0.3 is 39.1 Å². The van der Waals surface area contributed by atoms with Crippen LogP contribution in [0.2, 0.25) is 0 Å². The maximum Gasteiger partial charge on any atom is 0.326 e. The van der Waals surface area contributed by atoms with E-state index < -0.39 is 187 Å². The molecule has 2 saturated heterocycles. The molecular weight excluding hydrogens is 1540 g/mol. The third kappa shape index (κ3) is 57.1. The number of aliphatic hydroxyl groups is 4. The molecule has 2 aliphatic rings. The standard InChI is InChI=1S/C90H170N2O23P2/c1-7-13-19-25-31-35-41-45-51-57-71(94)63-79(96)91-85-87(114-83(100)64-72(95)58-52-46-42-36-32-26-20-14-8-2)76(70-117(106,107)108)78(112-89(85)102)68-109-90-86(92-80(97)65-73(59-53-47-43-37-33-27-21-15-9-3)110-81(98)61-55-49-39-29-23-17-11-5)88(75(69-116(103,104)105)77(67-93)113-90)115-84(101)66-74(60-54-48-44-38-34-28-22-16-10-4)111-82(99)62-56-50-40-30-24-18-12-6/h71-78,85-90,93-95,102H,7-70H2,1-6H3,(H,91,96)(H,92,97)(H2,103,104,105)(H2,106,107,108)/t71-,72-,73-,74-,75-,76-,77-,78-,85-,86-,87-,88-,89-,90-/m1/s1. The molecule has 0 aromatic rings. The van der Waals surface area contributed by atoms with Gasteiger partial charge < -0.3 is 83.8 Å². The van der Waals surface area contributed by atoms with Gasteiger partial charge in [-0.15, -0.1) is 0 Å². The maximum absolute atomic E-state index is 15.2. The first kappa shape index (κ1) is 110. The predicted octanol–water partition coefficient (Wildman–Crippen LogP) is 18.9. The summed E-state index contributed by atoms with van der Waals surface area (Å²) >= 11 is 0. The lowest BCUT2D eigenvalue weighted by Gasteiger charge is -2.47. The van der Waals surface area contributed by atoms with E-state index in [0.29, 0.717) is 38.5 Å². The second-order valence-electron chi connectivity index (χ2n) is 34.3. The van der Waals surface area contributed by atoms with Crippen LogP contribution in [0, 0.1) is 11.8 Å². The van der Waals surface area contributed by atoms with Gasteiger partial charge in [0.05, 0.1) is 75.6 Å². The Balaban J connectivity index is 2.86. The van der Waals surface area contributed by atoms with Crippen molar-refractivity contribution in [1.82, 2.24) is 10.6 Å². The van der Waals surface area contributed by atoms with Gasteiger partial charge in [-0.3, -0.25) is 37.9 Å². The van der Waals surface area contributed by atoms with Crippen LogP contribution in [0.5, 0.6) is 0 Å². The fourth-order valence-electron chi connectivity index (χ4n) is 16.3. The van der Waals surface area contributed by atoms with Gasteiger partial charge in [-0.2, -0.15) is 0 Å². The van der Waals surface area contributed by atoms with Gasteiger partial charge in [0.15, 0.2) is 12.6 Å². The molecule has 2 fully saturated rings. The fraction of sp³-hybridized carbons (Fsp3) is 0.933. The number of esters is 4. The molecule has 0 bridgehead atoms. The zero-order valence-electron chi connectivity index (χ0n) is 73.9. The largest absolute Gasteiger partial charge is 0.462 e. The number of nitrogens with one attached hydrogen (secondary N) is 2. The number of hydrogen-bond acceptors (Lipinski definition) is 19. The van der Waals surface area contributed by atoms with Gasteiger partial charge in [-0.25, -0.2) is 0 Å². The lowest BCUT2D eigenvalue weighted by atomic mass is 9.87. The average Bonchev–Trinajstić information content (AvgIpc) is 0.778. The minimum absolute atomic E-state index is 0.0999. The molecule has 27 heteroatoms. The third-order valence-corrected chi connectivity index (χ3v) is 25.0. The van der Waals surface area contributed by atoms with Gasteiger partial charge in [-0.1, -0.05) is 337 Å². The first-order valence-corrected chi connectivity index (χ1v) is 50.9. The van der Waals surface area contributed by atoms with Crippen molar-refractivity contribution in [3.05, 3.63) is 0 Å². The maximum atomic E-state index is 15.2. The van der Waals surface area contributed by atoms with E-state index in [0.717, 1.165) is 244 Å². The minimum Gasteiger partial charge on any atom is -0.462 e. The Hall–Kier alpha value is -3.16. The van der Waals surface area contributed by atoms with E-state index >= 15 is 4.79 Å². The first-order chi connectivity index (χ1) is 56.3. The van der Waals surface area contributed by atoms with Crippen LogP contribution in [0.1, 0.15) is 427 Å². The zero-order chi connectivity index (χ0) is 86.2. The summed E-state index contributed by atoms with van der Waals surface area (Å²) in [5.41, 5.74) is 0. The number of aliphatic hydroxyl groups excluding tert-OH is 4. The monoisotopic (exact) mass is 1710 g/mol. The van der Waals surface area contributed by atoms with Gasteiger partial charge in [0.1, 0.15) is 36.5 Å². The molecule has 117 heavy (non-hydrogen) atoms. The van der Waals surface area contributed by atoms with Crippen LogP contribution < -0.4 is 10.6 Å². The van der Waals surface area contributed by atoms with E-state index in [4.69, 9.17) is 33.2 Å². The van der Waals surface area contributed by atoms with Gasteiger partial charge in [-0.05, 0) is 51.4 Å². The quantitative estimate of drug-likeness (QED) is 0.0117. The van der Waals surface area contributed by atoms with Crippen LogP contribution in [0.25, 0.3) is 0 Å². The second-order valence-corrected chi connectivity index (χ2v) is 37.7. The lowest BCUT2D eigenvalue weighted by molar-refractivity contribution is -0.286. The third-order valence-electron chi connectivity index (χ3n) is 23.2. The molecule has 14 atom stereocenters. The second kappa shape index (κ2) is 70.2. The molecule has 688 valence electrons. The molecule has 0 radical (unpaired) electrons. The molecule has 2 heterocycles. The summed E-state index contributed by atoms with van der Waals surface area (Å²) < 4.78 is 70.7. The van der Waals surface area contributed by atoms with Crippen molar-refractivity contribution in [1.29, 1.82) is 0 Å². The molecule has 0 aromatic carbocycles. The van der Waals surface area contributed by atoms with Gasteiger partial charge in [0.25, 0.3) is 0 Å². The van der Waals surface area contributed by atoms with E-state index in [1.807, 2.05) is 0 Å². The Morgan fingerprint density at radius 3 is 1.03 bits per heavy atom. The summed E-state index contributed by atoms with van der Waals surface area (Å²) in [4.78, 5) is 130. The predicted molar refractivity (Wildman–Crippen MR) is 460 cm³/mol. The smallest absolute Gasteiger partial charge is 0.326 e. The highest BCUT2D eigenvalue weighted by Crippen LogP contribution is 2.45. The highest BCUT2D eigenvalue weighted by molar-refractivity contribution is 7.52. The molecule has 2 rings (SSSR count). The Bertz CT molecular complexity index is 2600. The topological polar surface area (TPSA) is 387 Å². The Morgan fingerprint density at radius 2 is 0.658 bits per heavy atom. The van der Waals surface area contributed by atoms with Crippen LogP contribution in [0.15, 0.2) is 0 Å². The van der Waals surface area contributed by atoms with Crippen molar-refractivity contribution in [2.24, 2.45) is 11.8 Å². The number of unbranched alkanes of at least 4 members (excludes halogenated alkanes) is 44. The highest BCUT2D eigenvalue weighted by Gasteiger charge is 2.54. The van der Waals surface area contributed by atoms with E-state index in [-0.39, 0.29) is 38.5 Å². The number of rotatable bonds is 78. The number of carbonyl (C=O) groups excluding carboxylic acids is 6. The van der Waals surface area contributed by atoms with Crippen molar-refractivity contribution in [2.45, 2.75) is 500 Å². The van der Waals surface area contributed by atoms with Crippen LogP contribution in [0.4, 0.5) is 0 Å². The fourth-order valence-corrected chi connectivity index (χ4v) is 18.3. The molecule has 25 nitrogen and oxygen atoms in total. The molecule has 0 saturated carbocycles. The van der Waals surface area contributed by atoms with Crippen molar-refractivity contribution >= 4 is 50.9 Å². The molecule has 0 aromatic heterocycles. The zero-order valence-corrected chi connectivity index (χ0v) is 75.7. The van der Waals surface area contributed by atoms with Crippen LogP contribution in [-0.4, -0.2) is 175 Å². The minimum atomic E-state index is -5.24.